The van der Waals surface area contributed by atoms with Crippen LogP contribution in [-0.2, 0) is 6.42 Å². The van der Waals surface area contributed by atoms with Gasteiger partial charge in [-0.15, -0.1) is 10.2 Å². The van der Waals surface area contributed by atoms with Crippen molar-refractivity contribution < 1.29 is 9.53 Å². The minimum Gasteiger partial charge on any atom is -0.493 e. The van der Waals surface area contributed by atoms with Gasteiger partial charge in [0.2, 0.25) is 0 Å². The van der Waals surface area contributed by atoms with Crippen molar-refractivity contribution in [3.63, 3.8) is 0 Å². The van der Waals surface area contributed by atoms with E-state index in [1.165, 1.54) is 0 Å². The molecule has 0 radical (unpaired) electrons. The molecule has 0 aliphatic carbocycles. The van der Waals surface area contributed by atoms with E-state index in [9.17, 15) is 4.79 Å². The lowest BCUT2D eigenvalue weighted by atomic mass is 10.0. The van der Waals surface area contributed by atoms with Crippen molar-refractivity contribution in [1.82, 2.24) is 30.5 Å². The first-order valence-corrected chi connectivity index (χ1v) is 10.8. The van der Waals surface area contributed by atoms with Crippen molar-refractivity contribution in [2.75, 3.05) is 13.2 Å². The van der Waals surface area contributed by atoms with E-state index < -0.39 is 0 Å². The highest BCUT2D eigenvalue weighted by Crippen LogP contribution is 2.32. The van der Waals surface area contributed by atoms with Crippen molar-refractivity contribution >= 4 is 28.4 Å². The second-order valence-corrected chi connectivity index (χ2v) is 7.67. The number of aryl methyl sites for hydroxylation is 2. The lowest BCUT2D eigenvalue weighted by Gasteiger charge is -2.13. The van der Waals surface area contributed by atoms with Crippen LogP contribution in [0.4, 0.5) is 0 Å². The van der Waals surface area contributed by atoms with Crippen LogP contribution in [0, 0.1) is 6.92 Å². The Morgan fingerprint density at radius 2 is 2.12 bits per heavy atom. The quantitative estimate of drug-likeness (QED) is 0.308. The molecule has 4 rings (SSSR count). The second-order valence-electron chi connectivity index (χ2n) is 7.29. The molecule has 8 nitrogen and oxygen atoms in total. The van der Waals surface area contributed by atoms with Gasteiger partial charge in [-0.2, -0.15) is 0 Å². The number of fused-ring (bicyclic) bond motifs is 1. The first kappa shape index (κ1) is 21.7. The van der Waals surface area contributed by atoms with Gasteiger partial charge in [0.1, 0.15) is 23.1 Å². The van der Waals surface area contributed by atoms with Crippen LogP contribution in [0.15, 0.2) is 42.9 Å². The average Bonchev–Trinajstić information content (AvgIpc) is 3.30. The van der Waals surface area contributed by atoms with Gasteiger partial charge in [-0.1, -0.05) is 11.6 Å². The number of rotatable bonds is 8. The molecule has 0 fully saturated rings. The van der Waals surface area contributed by atoms with E-state index in [0.29, 0.717) is 40.8 Å². The van der Waals surface area contributed by atoms with Crippen LogP contribution in [0.2, 0.25) is 5.15 Å². The number of aromatic amines is 1. The standard InChI is InChI=1S/C23H23ClN6O2/c1-3-32-20-11-19(17-12-26-21(24)9-14(17)2)29-18-10-15(6-7-16(18)20)23(31)25-8-4-5-22-27-13-28-30-22/h6-7,9-13H,3-5,8H2,1-2H3,(H,25,31)(H,27,28,30). The zero-order chi connectivity index (χ0) is 22.5. The third kappa shape index (κ3) is 4.86. The minimum atomic E-state index is -0.154. The number of hydrogen-bond acceptors (Lipinski definition) is 6. The number of aromatic nitrogens is 5. The molecule has 0 atom stereocenters. The molecule has 0 bridgehead atoms. The van der Waals surface area contributed by atoms with Crippen molar-refractivity contribution in [2.24, 2.45) is 0 Å². The van der Waals surface area contributed by atoms with Gasteiger partial charge in [-0.3, -0.25) is 4.79 Å². The van der Waals surface area contributed by atoms with Crippen molar-refractivity contribution in [1.29, 1.82) is 0 Å². The lowest BCUT2D eigenvalue weighted by molar-refractivity contribution is 0.0953. The molecule has 0 saturated heterocycles. The average molecular weight is 451 g/mol. The highest BCUT2D eigenvalue weighted by Gasteiger charge is 2.14. The summed E-state index contributed by atoms with van der Waals surface area (Å²) in [5.74, 6) is 1.36. The molecule has 2 N–H and O–H groups in total. The van der Waals surface area contributed by atoms with E-state index in [1.54, 1.807) is 30.7 Å². The fourth-order valence-electron chi connectivity index (χ4n) is 3.45. The summed E-state index contributed by atoms with van der Waals surface area (Å²) in [4.78, 5) is 24.6. The Kier molecular flexibility index (Phi) is 6.61. The first-order chi connectivity index (χ1) is 15.5. The molecule has 3 aromatic heterocycles. The fourth-order valence-corrected chi connectivity index (χ4v) is 3.67. The first-order valence-electron chi connectivity index (χ1n) is 10.4. The van der Waals surface area contributed by atoms with Crippen LogP contribution < -0.4 is 10.1 Å². The third-order valence-electron chi connectivity index (χ3n) is 5.03. The largest absolute Gasteiger partial charge is 0.493 e. The third-order valence-corrected chi connectivity index (χ3v) is 5.24. The molecule has 164 valence electrons. The maximum Gasteiger partial charge on any atom is 0.251 e. The Morgan fingerprint density at radius 3 is 2.88 bits per heavy atom. The normalized spacial score (nSPS) is 11.0. The summed E-state index contributed by atoms with van der Waals surface area (Å²) in [5.41, 5.74) is 3.75. The second kappa shape index (κ2) is 9.74. The van der Waals surface area contributed by atoms with E-state index in [2.05, 4.69) is 25.5 Å². The molecule has 1 aromatic carbocycles. The van der Waals surface area contributed by atoms with E-state index >= 15 is 0 Å². The van der Waals surface area contributed by atoms with Gasteiger partial charge in [0.15, 0.2) is 0 Å². The number of benzene rings is 1. The van der Waals surface area contributed by atoms with Gasteiger partial charge in [0.25, 0.3) is 5.91 Å². The number of nitrogens with one attached hydrogen (secondary N) is 2. The van der Waals surface area contributed by atoms with Crippen LogP contribution >= 0.6 is 11.6 Å². The Balaban J connectivity index is 1.59. The van der Waals surface area contributed by atoms with Crippen molar-refractivity contribution in [3.8, 4) is 17.0 Å². The van der Waals surface area contributed by atoms with E-state index in [4.69, 9.17) is 21.3 Å². The topological polar surface area (TPSA) is 106 Å². The van der Waals surface area contributed by atoms with Crippen LogP contribution in [-0.4, -0.2) is 44.2 Å². The van der Waals surface area contributed by atoms with E-state index in [0.717, 1.165) is 35.2 Å². The maximum absolute atomic E-state index is 12.7. The number of amides is 1. The summed E-state index contributed by atoms with van der Waals surface area (Å²) in [6, 6.07) is 9.13. The van der Waals surface area contributed by atoms with Gasteiger partial charge in [0.05, 0.1) is 17.8 Å². The molecule has 1 amide bonds. The fraction of sp³-hybridized carbons (Fsp3) is 0.261. The number of pyridine rings is 2. The molecule has 3 heterocycles. The van der Waals surface area contributed by atoms with Gasteiger partial charge in [-0.25, -0.2) is 9.97 Å². The number of halogens is 1. The number of carbonyl (C=O) groups is 1. The zero-order valence-electron chi connectivity index (χ0n) is 17.9. The number of hydrogen-bond donors (Lipinski definition) is 2. The Labute approximate surface area is 190 Å². The molecular weight excluding hydrogens is 428 g/mol. The highest BCUT2D eigenvalue weighted by molar-refractivity contribution is 6.29. The van der Waals surface area contributed by atoms with Crippen molar-refractivity contribution in [3.05, 3.63) is 65.0 Å². The molecule has 9 heteroatoms. The monoisotopic (exact) mass is 450 g/mol. The number of nitrogens with zero attached hydrogens (tertiary/aromatic N) is 4. The molecule has 4 aromatic rings. The predicted octanol–water partition coefficient (Wildman–Crippen LogP) is 4.14. The molecule has 0 spiro atoms. The Bertz CT molecular complexity index is 1240. The lowest BCUT2D eigenvalue weighted by Crippen LogP contribution is -2.24. The summed E-state index contributed by atoms with van der Waals surface area (Å²) in [6.07, 6.45) is 4.72. The molecule has 0 saturated carbocycles. The molecule has 32 heavy (non-hydrogen) atoms. The summed E-state index contributed by atoms with van der Waals surface area (Å²) in [5, 5.41) is 11.9. The Hall–Kier alpha value is -3.52. The molecule has 0 aliphatic rings. The number of carbonyl (C=O) groups excluding carboxylic acids is 1. The van der Waals surface area contributed by atoms with Crippen molar-refractivity contribution in [2.45, 2.75) is 26.7 Å². The smallest absolute Gasteiger partial charge is 0.251 e. The summed E-state index contributed by atoms with van der Waals surface area (Å²) in [6.45, 7) is 4.94. The van der Waals surface area contributed by atoms with Gasteiger partial charge in [0, 0.05) is 41.7 Å². The minimum absolute atomic E-state index is 0.154. The molecular formula is C23H23ClN6O2. The van der Waals surface area contributed by atoms with Gasteiger partial charge in [-0.05, 0) is 50.1 Å². The summed E-state index contributed by atoms with van der Waals surface area (Å²) >= 11 is 6.01. The van der Waals surface area contributed by atoms with Crippen LogP contribution in [0.5, 0.6) is 5.75 Å². The maximum atomic E-state index is 12.7. The van der Waals surface area contributed by atoms with Crippen LogP contribution in [0.3, 0.4) is 0 Å². The number of ether oxygens (including phenoxy) is 1. The van der Waals surface area contributed by atoms with E-state index in [1.807, 2.05) is 26.0 Å². The number of H-pyrrole nitrogens is 1. The Morgan fingerprint density at radius 1 is 1.25 bits per heavy atom. The summed E-state index contributed by atoms with van der Waals surface area (Å²) in [7, 11) is 0. The van der Waals surface area contributed by atoms with Crippen LogP contribution in [0.25, 0.3) is 22.2 Å². The highest BCUT2D eigenvalue weighted by atomic mass is 35.5. The predicted molar refractivity (Wildman–Crippen MR) is 123 cm³/mol. The zero-order valence-corrected chi connectivity index (χ0v) is 18.6. The SMILES string of the molecule is CCOc1cc(-c2cnc(Cl)cc2C)nc2cc(C(=O)NCCCc3nnc[nH]3)ccc12. The van der Waals surface area contributed by atoms with E-state index in [-0.39, 0.29) is 5.91 Å². The summed E-state index contributed by atoms with van der Waals surface area (Å²) < 4.78 is 5.86. The molecule has 0 aliphatic heterocycles. The van der Waals surface area contributed by atoms with Gasteiger partial charge < -0.3 is 15.0 Å². The molecule has 0 unspecified atom stereocenters. The van der Waals surface area contributed by atoms with Crippen LogP contribution in [0.1, 0.15) is 35.1 Å². The van der Waals surface area contributed by atoms with Gasteiger partial charge >= 0.3 is 0 Å².